The number of nitro groups is 1. The molecule has 2 aromatic rings. The van der Waals surface area contributed by atoms with E-state index in [9.17, 15) is 29.6 Å². The van der Waals surface area contributed by atoms with Gasteiger partial charge in [0.2, 0.25) is 0 Å². The van der Waals surface area contributed by atoms with Gasteiger partial charge in [-0.05, 0) is 31.5 Å². The molecule has 0 saturated carbocycles. The topological polar surface area (TPSA) is 133 Å². The van der Waals surface area contributed by atoms with E-state index in [1.807, 2.05) is 0 Å². The van der Waals surface area contributed by atoms with E-state index in [-0.39, 0.29) is 24.5 Å². The first kappa shape index (κ1) is 23.7. The van der Waals surface area contributed by atoms with E-state index in [1.165, 1.54) is 38.1 Å². The predicted molar refractivity (Wildman–Crippen MR) is 109 cm³/mol. The van der Waals surface area contributed by atoms with Gasteiger partial charge in [-0.1, -0.05) is 30.3 Å². The number of non-ortho nitro benzene ring substituents is 1. The van der Waals surface area contributed by atoms with Gasteiger partial charge in [-0.3, -0.25) is 14.9 Å². The van der Waals surface area contributed by atoms with E-state index in [0.717, 1.165) is 0 Å². The number of hydrogen-bond acceptors (Lipinski definition) is 8. The normalized spacial score (nSPS) is 12.0. The van der Waals surface area contributed by atoms with Gasteiger partial charge in [0.05, 0.1) is 18.1 Å². The van der Waals surface area contributed by atoms with Crippen molar-refractivity contribution >= 4 is 23.4 Å². The van der Waals surface area contributed by atoms with Crippen molar-refractivity contribution in [3.63, 3.8) is 0 Å². The summed E-state index contributed by atoms with van der Waals surface area (Å²) < 4.78 is 9.86. The highest BCUT2D eigenvalue weighted by atomic mass is 16.6. The fourth-order valence-electron chi connectivity index (χ4n) is 3.11. The van der Waals surface area contributed by atoms with Crippen LogP contribution in [0.15, 0.2) is 54.6 Å². The van der Waals surface area contributed by atoms with E-state index in [4.69, 9.17) is 9.47 Å². The lowest BCUT2D eigenvalue weighted by atomic mass is 9.77. The Kier molecular flexibility index (Phi) is 7.98. The Labute approximate surface area is 178 Å². The minimum Gasteiger partial charge on any atom is -0.463 e. The Morgan fingerprint density at radius 2 is 1.48 bits per heavy atom. The maximum absolute atomic E-state index is 12.9. The van der Waals surface area contributed by atoms with Gasteiger partial charge in [0, 0.05) is 30.0 Å². The van der Waals surface area contributed by atoms with Gasteiger partial charge in [-0.2, -0.15) is 0 Å². The first-order valence-corrected chi connectivity index (χ1v) is 9.65. The molecule has 0 bridgehead atoms. The van der Waals surface area contributed by atoms with Crippen LogP contribution in [0, 0.1) is 10.1 Å². The van der Waals surface area contributed by atoms with Gasteiger partial charge < -0.3 is 14.6 Å². The second kappa shape index (κ2) is 10.4. The maximum Gasteiger partial charge on any atom is 0.350 e. The van der Waals surface area contributed by atoms with Crippen LogP contribution in [-0.2, 0) is 19.1 Å². The summed E-state index contributed by atoms with van der Waals surface area (Å²) in [5, 5.41) is 22.1. The molecule has 1 N–H and O–H groups in total. The molecule has 0 spiro atoms. The first-order chi connectivity index (χ1) is 14.7. The van der Waals surface area contributed by atoms with Crippen LogP contribution in [0.25, 0.3) is 0 Å². The fraction of sp³-hybridized carbons (Fsp3) is 0.318. The van der Waals surface area contributed by atoms with Gasteiger partial charge in [0.25, 0.3) is 11.3 Å². The molecular weight excluding hydrogens is 406 g/mol. The van der Waals surface area contributed by atoms with Crippen molar-refractivity contribution in [3.05, 3.63) is 75.8 Å². The van der Waals surface area contributed by atoms with Crippen molar-refractivity contribution in [2.75, 3.05) is 13.2 Å². The number of rotatable bonds is 10. The molecular formula is C22H23NO8. The summed E-state index contributed by atoms with van der Waals surface area (Å²) in [7, 11) is 0. The molecule has 1 atom stereocenters. The number of esters is 2. The molecule has 9 heteroatoms. The molecule has 9 nitrogen and oxygen atoms in total. The monoisotopic (exact) mass is 429 g/mol. The summed E-state index contributed by atoms with van der Waals surface area (Å²) in [5.41, 5.74) is -2.47. The number of carbonyl (C=O) groups is 3. The molecule has 164 valence electrons. The van der Waals surface area contributed by atoms with E-state index in [1.54, 1.807) is 30.3 Å². The SMILES string of the molecule is CCOC(=O)C(O)(C(=O)OCC)C(CC(=O)c1ccc([N+](=O)[O-])cc1)c1ccccc1. The zero-order valence-electron chi connectivity index (χ0n) is 17.1. The van der Waals surface area contributed by atoms with E-state index in [2.05, 4.69) is 0 Å². The van der Waals surface area contributed by atoms with Crippen LogP contribution in [0.4, 0.5) is 5.69 Å². The Bertz CT molecular complexity index is 922. The molecule has 0 heterocycles. The average Bonchev–Trinajstić information content (AvgIpc) is 2.77. The Balaban J connectivity index is 2.50. The molecule has 0 aliphatic rings. The third kappa shape index (κ3) is 5.32. The summed E-state index contributed by atoms with van der Waals surface area (Å²) in [4.78, 5) is 48.5. The number of hydrogen-bond donors (Lipinski definition) is 1. The zero-order valence-corrected chi connectivity index (χ0v) is 17.1. The number of benzene rings is 2. The van der Waals surface area contributed by atoms with Crippen molar-refractivity contribution in [1.82, 2.24) is 0 Å². The Morgan fingerprint density at radius 3 is 1.94 bits per heavy atom. The fourth-order valence-corrected chi connectivity index (χ4v) is 3.11. The summed E-state index contributed by atoms with van der Waals surface area (Å²) in [6, 6.07) is 13.0. The van der Waals surface area contributed by atoms with Crippen LogP contribution in [0.3, 0.4) is 0 Å². The third-order valence-electron chi connectivity index (χ3n) is 4.67. The van der Waals surface area contributed by atoms with Crippen LogP contribution < -0.4 is 0 Å². The van der Waals surface area contributed by atoms with Gasteiger partial charge in [-0.25, -0.2) is 9.59 Å². The van der Waals surface area contributed by atoms with Crippen LogP contribution >= 0.6 is 0 Å². The Morgan fingerprint density at radius 1 is 0.968 bits per heavy atom. The van der Waals surface area contributed by atoms with E-state index < -0.39 is 40.6 Å². The van der Waals surface area contributed by atoms with Crippen LogP contribution in [0.1, 0.15) is 42.1 Å². The van der Waals surface area contributed by atoms with Crippen molar-refractivity contribution < 1.29 is 33.9 Å². The van der Waals surface area contributed by atoms with Gasteiger partial charge >= 0.3 is 11.9 Å². The molecule has 0 radical (unpaired) electrons. The third-order valence-corrected chi connectivity index (χ3v) is 4.67. The number of Topliss-reactive ketones (excluding diaryl/α,β-unsaturated/α-hetero) is 1. The van der Waals surface area contributed by atoms with Crippen molar-refractivity contribution in [2.45, 2.75) is 31.8 Å². The van der Waals surface area contributed by atoms with Crippen LogP contribution in [0.5, 0.6) is 0 Å². The number of nitro benzene ring substituents is 1. The Hall–Kier alpha value is -3.59. The standard InChI is InChI=1S/C22H23NO8/c1-3-30-20(25)22(27,21(26)31-4-2)18(15-8-6-5-7-9-15)14-19(24)16-10-12-17(13-11-16)23(28)29/h5-13,18,27H,3-4,14H2,1-2H3. The number of aliphatic hydroxyl groups is 1. The molecule has 0 aliphatic carbocycles. The average molecular weight is 429 g/mol. The quantitative estimate of drug-likeness (QED) is 0.200. The summed E-state index contributed by atoms with van der Waals surface area (Å²) in [6.45, 7) is 2.84. The molecule has 0 amide bonds. The lowest BCUT2D eigenvalue weighted by Gasteiger charge is -2.32. The molecule has 0 fully saturated rings. The highest BCUT2D eigenvalue weighted by Crippen LogP contribution is 2.35. The van der Waals surface area contributed by atoms with Crippen molar-refractivity contribution in [1.29, 1.82) is 0 Å². The number of nitrogens with zero attached hydrogens (tertiary/aromatic N) is 1. The van der Waals surface area contributed by atoms with E-state index in [0.29, 0.717) is 5.56 Å². The predicted octanol–water partition coefficient (Wildman–Crippen LogP) is 2.81. The zero-order chi connectivity index (χ0) is 23.0. The number of ketones is 1. The minimum absolute atomic E-state index is 0.0989. The lowest BCUT2D eigenvalue weighted by molar-refractivity contribution is -0.384. The second-order valence-corrected chi connectivity index (χ2v) is 6.60. The maximum atomic E-state index is 12.9. The number of carbonyl (C=O) groups excluding carboxylic acids is 3. The highest BCUT2D eigenvalue weighted by Gasteiger charge is 2.55. The van der Waals surface area contributed by atoms with Crippen LogP contribution in [0.2, 0.25) is 0 Å². The van der Waals surface area contributed by atoms with Crippen LogP contribution in [-0.4, -0.2) is 46.6 Å². The largest absolute Gasteiger partial charge is 0.463 e. The molecule has 0 aliphatic heterocycles. The molecule has 1 unspecified atom stereocenters. The number of ether oxygens (including phenoxy) is 2. The molecule has 2 aromatic carbocycles. The van der Waals surface area contributed by atoms with Gasteiger partial charge in [0.1, 0.15) is 0 Å². The molecule has 2 rings (SSSR count). The minimum atomic E-state index is -2.76. The van der Waals surface area contributed by atoms with Gasteiger partial charge in [0.15, 0.2) is 5.78 Å². The molecule has 0 aromatic heterocycles. The first-order valence-electron chi connectivity index (χ1n) is 9.65. The summed E-state index contributed by atoms with van der Waals surface area (Å²) in [6.07, 6.45) is -0.448. The second-order valence-electron chi connectivity index (χ2n) is 6.60. The smallest absolute Gasteiger partial charge is 0.350 e. The summed E-state index contributed by atoms with van der Waals surface area (Å²) >= 11 is 0. The van der Waals surface area contributed by atoms with Crippen molar-refractivity contribution in [3.8, 4) is 0 Å². The molecule has 31 heavy (non-hydrogen) atoms. The molecule has 0 saturated heterocycles. The van der Waals surface area contributed by atoms with Gasteiger partial charge in [-0.15, -0.1) is 0 Å². The van der Waals surface area contributed by atoms with E-state index >= 15 is 0 Å². The lowest BCUT2D eigenvalue weighted by Crippen LogP contribution is -2.54. The summed E-state index contributed by atoms with van der Waals surface area (Å²) in [5.74, 6) is -4.29. The highest BCUT2D eigenvalue weighted by molar-refractivity contribution is 6.06. The van der Waals surface area contributed by atoms with Crippen molar-refractivity contribution in [2.24, 2.45) is 0 Å².